The lowest BCUT2D eigenvalue weighted by Gasteiger charge is -2.42. The van der Waals surface area contributed by atoms with Gasteiger partial charge in [-0.25, -0.2) is 24.8 Å². The summed E-state index contributed by atoms with van der Waals surface area (Å²) in [6.07, 6.45) is 4.59. The Kier molecular flexibility index (Phi) is 10.8. The van der Waals surface area contributed by atoms with E-state index in [0.29, 0.717) is 61.5 Å². The van der Waals surface area contributed by atoms with Gasteiger partial charge in [0, 0.05) is 20.5 Å². The number of hydrogen-bond acceptors (Lipinski definition) is 6. The molecule has 0 unspecified atom stereocenters. The number of nitrogens with zero attached hydrogens (tertiary/aromatic N) is 4. The van der Waals surface area contributed by atoms with Gasteiger partial charge >= 0.3 is 5.97 Å². The van der Waals surface area contributed by atoms with E-state index >= 15 is 0 Å². The lowest BCUT2D eigenvalue weighted by Crippen LogP contribution is -2.54. The van der Waals surface area contributed by atoms with Gasteiger partial charge in [0.15, 0.2) is 0 Å². The van der Waals surface area contributed by atoms with E-state index in [-0.39, 0.29) is 23.4 Å². The topological polar surface area (TPSA) is 127 Å². The Morgan fingerprint density at radius 1 is 0.975 bits per heavy atom. The molecule has 10 nitrogen and oxygen atoms in total. The van der Waals surface area contributed by atoms with Crippen LogP contribution in [0.1, 0.15) is 74.2 Å². The molecule has 3 N–H and O–H groups in total. The van der Waals surface area contributed by atoms with Crippen molar-refractivity contribution < 1.29 is 24.3 Å². The fraction of sp³-hybridized carbons (Fsp3) is 0.467. The molecule has 0 aliphatic heterocycles. The highest BCUT2D eigenvalue weighted by Gasteiger charge is 2.35. The van der Waals surface area contributed by atoms with Crippen LogP contribution in [0.25, 0.3) is 0 Å². The zero-order valence-electron chi connectivity index (χ0n) is 23.8. The minimum atomic E-state index is -1.08. The van der Waals surface area contributed by atoms with Gasteiger partial charge in [0.1, 0.15) is 0 Å². The maximum absolute atomic E-state index is 14.4. The van der Waals surface area contributed by atoms with Crippen LogP contribution in [-0.2, 0) is 14.4 Å². The maximum atomic E-state index is 14.4. The van der Waals surface area contributed by atoms with E-state index in [1.165, 1.54) is 22.2 Å². The van der Waals surface area contributed by atoms with E-state index in [9.17, 15) is 24.3 Å². The van der Waals surface area contributed by atoms with Crippen LogP contribution < -0.4 is 15.8 Å². The van der Waals surface area contributed by atoms with Crippen LogP contribution in [0.3, 0.4) is 0 Å². The quantitative estimate of drug-likeness (QED) is 0.301. The molecule has 1 saturated carbocycles. The molecular formula is C30H41N5O5. The molecule has 1 atom stereocenters. The number of anilines is 2. The lowest BCUT2D eigenvalue weighted by molar-refractivity contribution is -0.132. The van der Waals surface area contributed by atoms with Crippen LogP contribution >= 0.6 is 0 Å². The molecular weight excluding hydrogens is 510 g/mol. The van der Waals surface area contributed by atoms with Crippen LogP contribution in [0.4, 0.5) is 11.4 Å². The second kappa shape index (κ2) is 14.0. The third-order valence-electron chi connectivity index (χ3n) is 7.59. The zero-order chi connectivity index (χ0) is 29.4. The number of carbonyl (C=O) groups excluding carboxylic acids is 3. The number of nitrogens with two attached hydrogens (primary N) is 1. The number of hydrazine groups is 2. The highest BCUT2D eigenvalue weighted by atomic mass is 16.4. The predicted octanol–water partition coefficient (Wildman–Crippen LogP) is 4.02. The molecule has 2 aromatic rings. The van der Waals surface area contributed by atoms with Crippen molar-refractivity contribution in [1.29, 1.82) is 0 Å². The second-order valence-electron chi connectivity index (χ2n) is 10.4. The smallest absolute Gasteiger partial charge is 0.335 e. The molecule has 0 heterocycles. The van der Waals surface area contributed by atoms with Crippen molar-refractivity contribution in [2.75, 3.05) is 30.7 Å². The molecule has 10 heteroatoms. The van der Waals surface area contributed by atoms with Crippen LogP contribution in [0.2, 0.25) is 0 Å². The van der Waals surface area contributed by atoms with E-state index in [2.05, 4.69) is 0 Å². The predicted molar refractivity (Wildman–Crippen MR) is 155 cm³/mol. The van der Waals surface area contributed by atoms with Gasteiger partial charge < -0.3 is 10.8 Å². The Morgan fingerprint density at radius 2 is 1.62 bits per heavy atom. The Bertz CT molecular complexity index is 1180. The monoisotopic (exact) mass is 551 g/mol. The Morgan fingerprint density at radius 3 is 2.12 bits per heavy atom. The number of benzene rings is 2. The molecule has 0 spiro atoms. The van der Waals surface area contributed by atoms with Crippen LogP contribution in [0, 0.1) is 5.92 Å². The van der Waals surface area contributed by atoms with Crippen molar-refractivity contribution in [3.05, 3.63) is 59.7 Å². The number of amides is 3. The van der Waals surface area contributed by atoms with Gasteiger partial charge in [0.2, 0.25) is 12.3 Å². The van der Waals surface area contributed by atoms with Gasteiger partial charge in [-0.3, -0.25) is 14.4 Å². The highest BCUT2D eigenvalue weighted by molar-refractivity contribution is 5.99. The van der Waals surface area contributed by atoms with Crippen molar-refractivity contribution in [1.82, 2.24) is 10.0 Å². The summed E-state index contributed by atoms with van der Waals surface area (Å²) in [6, 6.07) is 13.1. The lowest BCUT2D eigenvalue weighted by atomic mass is 9.86. The van der Waals surface area contributed by atoms with E-state index in [4.69, 9.17) is 5.73 Å². The van der Waals surface area contributed by atoms with Crippen LogP contribution in [0.5, 0.6) is 0 Å². The Hall–Kier alpha value is -3.76. The second-order valence-corrected chi connectivity index (χ2v) is 10.4. The zero-order valence-corrected chi connectivity index (χ0v) is 23.8. The molecule has 3 rings (SSSR count). The minimum absolute atomic E-state index is 0.0816. The first-order valence-corrected chi connectivity index (χ1v) is 13.9. The van der Waals surface area contributed by atoms with Crippen LogP contribution in [-0.4, -0.2) is 66.0 Å². The number of carboxylic acid groups (broad SMARTS) is 1. The van der Waals surface area contributed by atoms with E-state index in [1.54, 1.807) is 43.2 Å². The summed E-state index contributed by atoms with van der Waals surface area (Å²) < 4.78 is 0. The van der Waals surface area contributed by atoms with Crippen molar-refractivity contribution >= 4 is 35.6 Å². The SMILES string of the molecule is CCC(=O)N(c1cccc([C@H](CC)C(=O)N(c2ccc(C(=O)O)cc2)N(C=O)C2CCC(CN)CC2)c1)N(C)C. The molecule has 2 aromatic carbocycles. The van der Waals surface area contributed by atoms with Gasteiger partial charge in [-0.05, 0) is 86.5 Å². The number of rotatable bonds is 12. The molecule has 40 heavy (non-hydrogen) atoms. The average molecular weight is 552 g/mol. The molecule has 3 amide bonds. The van der Waals surface area contributed by atoms with Gasteiger partial charge in [0.05, 0.1) is 28.9 Å². The van der Waals surface area contributed by atoms with E-state index in [1.807, 2.05) is 31.2 Å². The highest BCUT2D eigenvalue weighted by Crippen LogP contribution is 2.33. The summed E-state index contributed by atoms with van der Waals surface area (Å²) in [6.45, 7) is 4.29. The van der Waals surface area contributed by atoms with Crippen molar-refractivity contribution in [2.45, 2.75) is 64.3 Å². The third kappa shape index (κ3) is 6.86. The fourth-order valence-electron chi connectivity index (χ4n) is 5.38. The summed E-state index contributed by atoms with van der Waals surface area (Å²) in [7, 11) is 3.57. The van der Waals surface area contributed by atoms with Crippen LogP contribution in [0.15, 0.2) is 48.5 Å². The molecule has 1 aliphatic rings. The molecule has 1 fully saturated rings. The van der Waals surface area contributed by atoms with Gasteiger partial charge in [-0.2, -0.15) is 0 Å². The molecule has 0 bridgehead atoms. The standard InChI is InChI=1S/C30H41N5O5/c1-5-27(23-8-7-9-26(18-23)34(32(3)4)28(37)6-2)29(38)35(25-16-12-22(13-17-25)30(39)40)33(20-36)24-14-10-21(19-31)11-15-24/h7-9,12-13,16-18,20-21,24,27H,5-6,10-11,14-15,19,31H2,1-4H3,(H,39,40)/t21?,24?,27-/m0/s1. The fourth-order valence-corrected chi connectivity index (χ4v) is 5.38. The van der Waals surface area contributed by atoms with Gasteiger partial charge in [0.25, 0.3) is 5.91 Å². The summed E-state index contributed by atoms with van der Waals surface area (Å²) in [5, 5.41) is 15.5. The van der Waals surface area contributed by atoms with Crippen molar-refractivity contribution in [2.24, 2.45) is 11.7 Å². The largest absolute Gasteiger partial charge is 0.478 e. The summed E-state index contributed by atoms with van der Waals surface area (Å²) in [4.78, 5) is 51.1. The van der Waals surface area contributed by atoms with Crippen molar-refractivity contribution in [3.63, 3.8) is 0 Å². The normalized spacial score (nSPS) is 17.6. The number of hydrogen-bond donors (Lipinski definition) is 2. The maximum Gasteiger partial charge on any atom is 0.335 e. The number of carboxylic acids is 1. The third-order valence-corrected chi connectivity index (χ3v) is 7.59. The number of aromatic carboxylic acids is 1. The first-order valence-electron chi connectivity index (χ1n) is 13.9. The summed E-state index contributed by atoms with van der Waals surface area (Å²) in [5.41, 5.74) is 7.73. The van der Waals surface area contributed by atoms with E-state index in [0.717, 1.165) is 12.8 Å². The average Bonchev–Trinajstić information content (AvgIpc) is 2.96. The number of carbonyl (C=O) groups is 4. The van der Waals surface area contributed by atoms with E-state index < -0.39 is 11.9 Å². The van der Waals surface area contributed by atoms with Crippen molar-refractivity contribution in [3.8, 4) is 0 Å². The molecule has 1 aliphatic carbocycles. The Balaban J connectivity index is 2.05. The summed E-state index contributed by atoms with van der Waals surface area (Å²) >= 11 is 0. The first-order chi connectivity index (χ1) is 19.2. The molecule has 0 radical (unpaired) electrons. The molecule has 0 saturated heterocycles. The van der Waals surface area contributed by atoms with Gasteiger partial charge in [-0.15, -0.1) is 0 Å². The summed E-state index contributed by atoms with van der Waals surface area (Å²) in [5.74, 6) is -1.70. The Labute approximate surface area is 236 Å². The minimum Gasteiger partial charge on any atom is -0.478 e. The molecule has 216 valence electrons. The first kappa shape index (κ1) is 30.8. The van der Waals surface area contributed by atoms with Gasteiger partial charge in [-0.1, -0.05) is 26.0 Å². The molecule has 0 aromatic heterocycles.